The predicted molar refractivity (Wildman–Crippen MR) is 125 cm³/mol. The zero-order valence-corrected chi connectivity index (χ0v) is 22.5. The third-order valence-electron chi connectivity index (χ3n) is 5.26. The topological polar surface area (TPSA) is 98.9 Å². The van der Waals surface area contributed by atoms with E-state index in [0.717, 1.165) is 36.6 Å². The molecular formula is C21H38O10Si2. The van der Waals surface area contributed by atoms with Gasteiger partial charge in [0.1, 0.15) is 24.6 Å². The summed E-state index contributed by atoms with van der Waals surface area (Å²) in [6.07, 6.45) is 1.43. The number of rotatable bonds is 16. The first-order valence-corrected chi connectivity index (χ1v) is 14.5. The second kappa shape index (κ2) is 14.5. The molecule has 2 saturated heterocycles. The van der Waals surface area contributed by atoms with Crippen molar-refractivity contribution in [3.8, 4) is 5.75 Å². The fraction of sp³-hybridized carbons (Fsp3) is 0.714. The van der Waals surface area contributed by atoms with Crippen molar-refractivity contribution in [2.75, 3.05) is 75.7 Å². The number of benzene rings is 1. The lowest BCUT2D eigenvalue weighted by Crippen LogP contribution is -2.55. The zero-order valence-electron chi connectivity index (χ0n) is 20.5. The lowest BCUT2D eigenvalue weighted by Gasteiger charge is -2.26. The molecule has 1 aromatic rings. The second-order valence-electron chi connectivity index (χ2n) is 7.36. The van der Waals surface area contributed by atoms with E-state index in [1.165, 1.54) is 0 Å². The summed E-state index contributed by atoms with van der Waals surface area (Å²) in [5, 5.41) is 0.832. The molecular weight excluding hydrogens is 468 g/mol. The molecule has 0 N–H and O–H groups in total. The lowest BCUT2D eigenvalue weighted by molar-refractivity contribution is 0.100. The lowest BCUT2D eigenvalue weighted by atomic mass is 10.3. The molecule has 33 heavy (non-hydrogen) atoms. The van der Waals surface area contributed by atoms with Crippen LogP contribution in [-0.4, -0.2) is 106 Å². The van der Waals surface area contributed by atoms with Crippen LogP contribution in [0.5, 0.6) is 5.75 Å². The van der Waals surface area contributed by atoms with Gasteiger partial charge < -0.3 is 45.5 Å². The Morgan fingerprint density at radius 1 is 0.788 bits per heavy atom. The van der Waals surface area contributed by atoms with Crippen molar-refractivity contribution >= 4 is 22.8 Å². The highest BCUT2D eigenvalue weighted by molar-refractivity contribution is 6.76. The molecule has 0 bridgehead atoms. The van der Waals surface area contributed by atoms with Gasteiger partial charge in [-0.2, -0.15) is 0 Å². The van der Waals surface area contributed by atoms with Gasteiger partial charge in [-0.15, -0.1) is 0 Å². The fourth-order valence-electron chi connectivity index (χ4n) is 3.10. The van der Waals surface area contributed by atoms with Gasteiger partial charge in [-0.25, -0.2) is 0 Å². The van der Waals surface area contributed by atoms with E-state index in [4.69, 9.17) is 45.5 Å². The normalized spacial score (nSPS) is 19.6. The summed E-state index contributed by atoms with van der Waals surface area (Å²) >= 11 is 0. The van der Waals surface area contributed by atoms with Crippen molar-refractivity contribution in [2.45, 2.75) is 24.7 Å². The van der Waals surface area contributed by atoms with Gasteiger partial charge >= 0.3 is 17.6 Å². The first-order chi connectivity index (χ1) is 16.0. The van der Waals surface area contributed by atoms with Gasteiger partial charge in [-0.3, -0.25) is 0 Å². The van der Waals surface area contributed by atoms with Crippen LogP contribution in [0.4, 0.5) is 0 Å². The van der Waals surface area contributed by atoms with E-state index in [-0.39, 0.29) is 6.10 Å². The maximum atomic E-state index is 5.74. The Morgan fingerprint density at radius 3 is 1.85 bits per heavy atom. The molecule has 2 fully saturated rings. The smallest absolute Gasteiger partial charge is 0.491 e. The van der Waals surface area contributed by atoms with Crippen LogP contribution < -0.4 is 9.92 Å². The first-order valence-electron chi connectivity index (χ1n) is 10.9. The van der Waals surface area contributed by atoms with Crippen molar-refractivity contribution in [1.29, 1.82) is 0 Å². The summed E-state index contributed by atoms with van der Waals surface area (Å²) in [7, 11) is 4.37. The van der Waals surface area contributed by atoms with E-state index < -0.39 is 17.6 Å². The minimum Gasteiger partial charge on any atom is -0.491 e. The van der Waals surface area contributed by atoms with Crippen LogP contribution in [-0.2, 0) is 40.8 Å². The van der Waals surface area contributed by atoms with Crippen molar-refractivity contribution in [2.24, 2.45) is 0 Å². The summed E-state index contributed by atoms with van der Waals surface area (Å²) in [5.41, 5.74) is 0. The van der Waals surface area contributed by atoms with E-state index in [1.807, 2.05) is 24.3 Å². The third-order valence-corrected chi connectivity index (χ3v) is 10.8. The molecule has 0 aromatic heterocycles. The van der Waals surface area contributed by atoms with Crippen molar-refractivity contribution in [3.05, 3.63) is 24.3 Å². The maximum absolute atomic E-state index is 5.74. The SMILES string of the molecule is CO[Si](CCCOCC1CO1)(OC)OC.CO[Si](OC)(OC)c1ccccc1OCC1CO1. The molecule has 0 amide bonds. The molecule has 2 aliphatic heterocycles. The Hall–Kier alpha value is -0.906. The first kappa shape index (κ1) is 28.3. The van der Waals surface area contributed by atoms with Crippen molar-refractivity contribution in [1.82, 2.24) is 0 Å². The Bertz CT molecular complexity index is 648. The monoisotopic (exact) mass is 506 g/mol. The highest BCUT2D eigenvalue weighted by Gasteiger charge is 2.43. The maximum Gasteiger partial charge on any atom is 0.540 e. The largest absolute Gasteiger partial charge is 0.540 e. The van der Waals surface area contributed by atoms with Gasteiger partial charge in [0.25, 0.3) is 0 Å². The van der Waals surface area contributed by atoms with E-state index in [9.17, 15) is 0 Å². The summed E-state index contributed by atoms with van der Waals surface area (Å²) in [6.45, 7) is 3.54. The van der Waals surface area contributed by atoms with E-state index in [1.54, 1.807) is 42.7 Å². The van der Waals surface area contributed by atoms with Crippen LogP contribution in [0.15, 0.2) is 24.3 Å². The fourth-order valence-corrected chi connectivity index (χ4v) is 6.71. The van der Waals surface area contributed by atoms with Gasteiger partial charge in [0.15, 0.2) is 0 Å². The summed E-state index contributed by atoms with van der Waals surface area (Å²) in [5.74, 6) is 0.727. The minimum atomic E-state index is -2.86. The Kier molecular flexibility index (Phi) is 12.4. The molecule has 2 atom stereocenters. The van der Waals surface area contributed by atoms with Crippen LogP contribution in [0, 0.1) is 0 Å². The molecule has 2 unspecified atom stereocenters. The molecule has 3 rings (SSSR count). The Balaban J connectivity index is 0.000000238. The highest BCUT2D eigenvalue weighted by atomic mass is 28.4. The van der Waals surface area contributed by atoms with Crippen molar-refractivity contribution in [3.63, 3.8) is 0 Å². The predicted octanol–water partition coefficient (Wildman–Crippen LogP) is 1.22. The number of epoxide rings is 2. The molecule has 0 radical (unpaired) electrons. The molecule has 1 aromatic carbocycles. The summed E-state index contributed by atoms with van der Waals surface area (Å²) in [4.78, 5) is 0. The molecule has 190 valence electrons. The third kappa shape index (κ3) is 8.99. The Morgan fingerprint density at radius 2 is 1.33 bits per heavy atom. The standard InChI is InChI=1S/C12H18O5Si.C9H20O5Si/c1-13-18(14-2,15-3)12-7-5-4-6-11(12)17-9-10-8-16-10;1-10-15(11-2,12-3)6-4-5-13-7-9-8-14-9/h4-7,10H,8-9H2,1-3H3;9H,4-8H2,1-3H3. The summed E-state index contributed by atoms with van der Waals surface area (Å²) in [6, 6.07) is 8.39. The van der Waals surface area contributed by atoms with E-state index >= 15 is 0 Å². The van der Waals surface area contributed by atoms with Crippen LogP contribution >= 0.6 is 0 Å². The molecule has 2 aliphatic rings. The quantitative estimate of drug-likeness (QED) is 0.185. The Labute approximate surface area is 199 Å². The van der Waals surface area contributed by atoms with Crippen LogP contribution in [0.2, 0.25) is 6.04 Å². The van der Waals surface area contributed by atoms with Crippen LogP contribution in [0.3, 0.4) is 0 Å². The van der Waals surface area contributed by atoms with Gasteiger partial charge in [0.05, 0.1) is 25.0 Å². The molecule has 0 aliphatic carbocycles. The van der Waals surface area contributed by atoms with Gasteiger partial charge in [-0.1, -0.05) is 18.2 Å². The zero-order chi connectivity index (χ0) is 24.2. The van der Waals surface area contributed by atoms with Gasteiger partial charge in [-0.05, 0) is 12.5 Å². The highest BCUT2D eigenvalue weighted by Crippen LogP contribution is 2.18. The number of para-hydroxylation sites is 1. The minimum absolute atomic E-state index is 0.210. The van der Waals surface area contributed by atoms with Gasteiger partial charge in [0, 0.05) is 55.3 Å². The van der Waals surface area contributed by atoms with Crippen LogP contribution in [0.25, 0.3) is 0 Å². The second-order valence-corrected chi connectivity index (χ2v) is 13.3. The number of hydrogen-bond donors (Lipinski definition) is 0. The average Bonchev–Trinajstić information content (AvgIpc) is 3.79. The molecule has 10 nitrogen and oxygen atoms in total. The molecule has 0 saturated carbocycles. The van der Waals surface area contributed by atoms with E-state index in [2.05, 4.69) is 0 Å². The average molecular weight is 507 g/mol. The molecule has 12 heteroatoms. The molecule has 2 heterocycles. The summed E-state index contributed by atoms with van der Waals surface area (Å²) < 4.78 is 53.6. The van der Waals surface area contributed by atoms with Gasteiger partial charge in [0.2, 0.25) is 0 Å². The number of hydrogen-bond acceptors (Lipinski definition) is 10. The van der Waals surface area contributed by atoms with E-state index in [0.29, 0.717) is 25.9 Å². The van der Waals surface area contributed by atoms with Crippen LogP contribution in [0.1, 0.15) is 6.42 Å². The number of ether oxygens (including phenoxy) is 4. The molecule has 0 spiro atoms. The van der Waals surface area contributed by atoms with Crippen molar-refractivity contribution < 1.29 is 45.5 Å².